The summed E-state index contributed by atoms with van der Waals surface area (Å²) < 4.78 is 10.8. The van der Waals surface area contributed by atoms with Crippen LogP contribution in [0.4, 0.5) is 0 Å². The van der Waals surface area contributed by atoms with Crippen molar-refractivity contribution in [2.45, 2.75) is 12.8 Å². The van der Waals surface area contributed by atoms with Gasteiger partial charge in [-0.1, -0.05) is 6.07 Å². The lowest BCUT2D eigenvalue weighted by Gasteiger charge is -2.19. The summed E-state index contributed by atoms with van der Waals surface area (Å²) in [5.41, 5.74) is 7.87. The zero-order valence-electron chi connectivity index (χ0n) is 11.4. The predicted octanol–water partition coefficient (Wildman–Crippen LogP) is 1.83. The second-order valence-electron chi connectivity index (χ2n) is 4.28. The van der Waals surface area contributed by atoms with Crippen LogP contribution in [0, 0.1) is 6.92 Å². The average Bonchev–Trinajstić information content (AvgIpc) is 2.94. The number of rotatable bonds is 5. The van der Waals surface area contributed by atoms with Gasteiger partial charge in [-0.2, -0.15) is 0 Å². The Morgan fingerprint density at radius 2 is 2.11 bits per heavy atom. The van der Waals surface area contributed by atoms with Crippen LogP contribution in [0.3, 0.4) is 0 Å². The topological polar surface area (TPSA) is 73.2 Å². The molecule has 1 atom stereocenters. The van der Waals surface area contributed by atoms with Gasteiger partial charge in [-0.05, 0) is 13.0 Å². The van der Waals surface area contributed by atoms with Gasteiger partial charge in [0.2, 0.25) is 0 Å². The van der Waals surface area contributed by atoms with Crippen LogP contribution in [0.15, 0.2) is 24.5 Å². The van der Waals surface area contributed by atoms with E-state index in [-0.39, 0.29) is 5.92 Å². The number of benzene rings is 1. The lowest BCUT2D eigenvalue weighted by atomic mass is 9.95. The third-order valence-electron chi connectivity index (χ3n) is 3.27. The number of ether oxygens (including phenoxy) is 2. The smallest absolute Gasteiger partial charge is 0.129 e. The summed E-state index contributed by atoms with van der Waals surface area (Å²) in [6.07, 6.45) is 3.52. The Morgan fingerprint density at radius 1 is 1.32 bits per heavy atom. The van der Waals surface area contributed by atoms with Crippen LogP contribution in [-0.2, 0) is 0 Å². The molecule has 0 aliphatic rings. The van der Waals surface area contributed by atoms with Crippen LogP contribution in [0.2, 0.25) is 0 Å². The SMILES string of the molecule is COc1ccc(C(CN)c2ncc[nH]2)c(OC)c1C. The molecule has 1 heterocycles. The van der Waals surface area contributed by atoms with E-state index in [4.69, 9.17) is 15.2 Å². The van der Waals surface area contributed by atoms with Gasteiger partial charge >= 0.3 is 0 Å². The lowest BCUT2D eigenvalue weighted by Crippen LogP contribution is -2.16. The molecule has 0 fully saturated rings. The molecule has 0 aliphatic carbocycles. The van der Waals surface area contributed by atoms with Crippen LogP contribution >= 0.6 is 0 Å². The fraction of sp³-hybridized carbons (Fsp3) is 0.357. The highest BCUT2D eigenvalue weighted by Crippen LogP contribution is 2.36. The van der Waals surface area contributed by atoms with Crippen LogP contribution in [0.5, 0.6) is 11.5 Å². The molecule has 5 nitrogen and oxygen atoms in total. The molecule has 19 heavy (non-hydrogen) atoms. The number of aromatic nitrogens is 2. The van der Waals surface area contributed by atoms with Crippen molar-refractivity contribution >= 4 is 0 Å². The molecule has 0 saturated heterocycles. The number of hydrogen-bond donors (Lipinski definition) is 2. The second kappa shape index (κ2) is 5.75. The van der Waals surface area contributed by atoms with Crippen molar-refractivity contribution in [2.24, 2.45) is 5.73 Å². The minimum atomic E-state index is -0.0189. The minimum Gasteiger partial charge on any atom is -0.496 e. The fourth-order valence-corrected chi connectivity index (χ4v) is 2.31. The highest BCUT2D eigenvalue weighted by Gasteiger charge is 2.21. The Morgan fingerprint density at radius 3 is 2.63 bits per heavy atom. The summed E-state index contributed by atoms with van der Waals surface area (Å²) in [7, 11) is 3.30. The fourth-order valence-electron chi connectivity index (χ4n) is 2.31. The van der Waals surface area contributed by atoms with E-state index in [2.05, 4.69) is 9.97 Å². The van der Waals surface area contributed by atoms with E-state index in [0.717, 1.165) is 28.5 Å². The second-order valence-corrected chi connectivity index (χ2v) is 4.28. The van der Waals surface area contributed by atoms with Gasteiger partial charge in [-0.25, -0.2) is 4.98 Å². The highest BCUT2D eigenvalue weighted by molar-refractivity contribution is 5.52. The van der Waals surface area contributed by atoms with E-state index in [1.165, 1.54) is 0 Å². The van der Waals surface area contributed by atoms with Crippen molar-refractivity contribution in [2.75, 3.05) is 20.8 Å². The van der Waals surface area contributed by atoms with Gasteiger partial charge in [-0.3, -0.25) is 0 Å². The molecule has 1 aromatic carbocycles. The zero-order chi connectivity index (χ0) is 13.8. The Bertz CT molecular complexity index is 538. The summed E-state index contributed by atoms with van der Waals surface area (Å²) in [6.45, 7) is 2.42. The number of nitrogens with zero attached hydrogens (tertiary/aromatic N) is 1. The van der Waals surface area contributed by atoms with Gasteiger partial charge in [0.05, 0.1) is 20.1 Å². The third-order valence-corrected chi connectivity index (χ3v) is 3.27. The molecule has 0 spiro atoms. The molecule has 102 valence electrons. The first-order chi connectivity index (χ1) is 9.22. The van der Waals surface area contributed by atoms with Gasteiger partial charge in [-0.15, -0.1) is 0 Å². The summed E-state index contributed by atoms with van der Waals surface area (Å²) in [4.78, 5) is 7.40. The molecule has 0 radical (unpaired) electrons. The van der Waals surface area contributed by atoms with E-state index in [1.807, 2.05) is 19.1 Å². The van der Waals surface area contributed by atoms with Gasteiger partial charge in [0.1, 0.15) is 17.3 Å². The van der Waals surface area contributed by atoms with Crippen LogP contribution in [-0.4, -0.2) is 30.7 Å². The van der Waals surface area contributed by atoms with Crippen LogP contribution in [0.1, 0.15) is 22.9 Å². The standard InChI is InChI=1S/C14H19N3O2/c1-9-12(18-2)5-4-10(13(9)19-3)11(8-15)14-16-6-7-17-14/h4-7,11H,8,15H2,1-3H3,(H,16,17). The van der Waals surface area contributed by atoms with Crippen molar-refractivity contribution in [1.82, 2.24) is 9.97 Å². The molecular weight excluding hydrogens is 242 g/mol. The van der Waals surface area contributed by atoms with E-state index in [9.17, 15) is 0 Å². The Hall–Kier alpha value is -2.01. The molecule has 2 rings (SSSR count). The Kier molecular flexibility index (Phi) is 4.06. The molecule has 1 aromatic heterocycles. The number of aromatic amines is 1. The molecule has 5 heteroatoms. The lowest BCUT2D eigenvalue weighted by molar-refractivity contribution is 0.384. The van der Waals surface area contributed by atoms with Gasteiger partial charge in [0.25, 0.3) is 0 Å². The number of imidazole rings is 1. The summed E-state index contributed by atoms with van der Waals surface area (Å²) in [5, 5.41) is 0. The van der Waals surface area contributed by atoms with Crippen molar-refractivity contribution in [3.63, 3.8) is 0 Å². The largest absolute Gasteiger partial charge is 0.496 e. The Balaban J connectivity index is 2.52. The molecule has 2 aromatic rings. The maximum atomic E-state index is 5.89. The molecule has 0 aliphatic heterocycles. The molecule has 1 unspecified atom stereocenters. The zero-order valence-corrected chi connectivity index (χ0v) is 11.4. The first-order valence-corrected chi connectivity index (χ1v) is 6.13. The molecule has 3 N–H and O–H groups in total. The van der Waals surface area contributed by atoms with E-state index >= 15 is 0 Å². The summed E-state index contributed by atoms with van der Waals surface area (Å²) >= 11 is 0. The highest BCUT2D eigenvalue weighted by atomic mass is 16.5. The maximum Gasteiger partial charge on any atom is 0.129 e. The maximum absolute atomic E-state index is 5.89. The number of hydrogen-bond acceptors (Lipinski definition) is 4. The summed E-state index contributed by atoms with van der Waals surface area (Å²) in [6, 6.07) is 3.91. The molecule has 0 amide bonds. The predicted molar refractivity (Wildman–Crippen MR) is 73.8 cm³/mol. The third kappa shape index (κ3) is 2.42. The Labute approximate surface area is 112 Å². The number of nitrogens with two attached hydrogens (primary N) is 1. The van der Waals surface area contributed by atoms with Crippen molar-refractivity contribution < 1.29 is 9.47 Å². The first kappa shape index (κ1) is 13.4. The quantitative estimate of drug-likeness (QED) is 0.861. The number of H-pyrrole nitrogens is 1. The van der Waals surface area contributed by atoms with Gasteiger partial charge in [0.15, 0.2) is 0 Å². The minimum absolute atomic E-state index is 0.0189. The van der Waals surface area contributed by atoms with Crippen molar-refractivity contribution in [3.8, 4) is 11.5 Å². The average molecular weight is 261 g/mol. The monoisotopic (exact) mass is 261 g/mol. The normalized spacial score (nSPS) is 12.2. The molecule has 0 bridgehead atoms. The number of nitrogens with one attached hydrogen (secondary N) is 1. The van der Waals surface area contributed by atoms with E-state index < -0.39 is 0 Å². The molecular formula is C14H19N3O2. The number of methoxy groups -OCH3 is 2. The van der Waals surface area contributed by atoms with Gasteiger partial charge in [0, 0.05) is 30.1 Å². The summed E-state index contributed by atoms with van der Waals surface area (Å²) in [5.74, 6) is 2.42. The van der Waals surface area contributed by atoms with Gasteiger partial charge < -0.3 is 20.2 Å². The van der Waals surface area contributed by atoms with Crippen LogP contribution in [0.25, 0.3) is 0 Å². The van der Waals surface area contributed by atoms with E-state index in [0.29, 0.717) is 6.54 Å². The van der Waals surface area contributed by atoms with Crippen LogP contribution < -0.4 is 15.2 Å². The van der Waals surface area contributed by atoms with Crippen molar-refractivity contribution in [3.05, 3.63) is 41.5 Å². The van der Waals surface area contributed by atoms with Crippen molar-refractivity contribution in [1.29, 1.82) is 0 Å². The first-order valence-electron chi connectivity index (χ1n) is 6.13. The molecule has 0 saturated carbocycles. The van der Waals surface area contributed by atoms with E-state index in [1.54, 1.807) is 26.6 Å².